The van der Waals surface area contributed by atoms with E-state index in [9.17, 15) is 4.79 Å². The molecule has 0 atom stereocenters. The van der Waals surface area contributed by atoms with Crippen LogP contribution in [0.4, 0.5) is 0 Å². The van der Waals surface area contributed by atoms with Gasteiger partial charge in [-0.1, -0.05) is 29.3 Å². The van der Waals surface area contributed by atoms with Gasteiger partial charge in [0, 0.05) is 31.0 Å². The predicted octanol–water partition coefficient (Wildman–Crippen LogP) is 3.72. The first-order valence-electron chi connectivity index (χ1n) is 8.35. The van der Waals surface area contributed by atoms with Crippen molar-refractivity contribution in [2.75, 3.05) is 7.05 Å². The lowest BCUT2D eigenvalue weighted by molar-refractivity contribution is 0.0775. The summed E-state index contributed by atoms with van der Waals surface area (Å²) in [6.45, 7) is 3.16. The van der Waals surface area contributed by atoms with E-state index >= 15 is 0 Å². The maximum Gasteiger partial charge on any atom is 0.274 e. The zero-order valence-electron chi connectivity index (χ0n) is 15.0. The smallest absolute Gasteiger partial charge is 0.274 e. The van der Waals surface area contributed by atoms with Gasteiger partial charge in [-0.2, -0.15) is 10.2 Å². The molecule has 1 amide bonds. The molecule has 0 saturated heterocycles. The molecule has 2 heterocycles. The van der Waals surface area contributed by atoms with Crippen LogP contribution in [0.2, 0.25) is 10.0 Å². The van der Waals surface area contributed by atoms with Crippen LogP contribution in [0, 0.1) is 0 Å². The average molecular weight is 408 g/mol. The topological polar surface area (TPSA) is 65.2 Å². The molecule has 3 aromatic rings. The van der Waals surface area contributed by atoms with Crippen LogP contribution in [0.1, 0.15) is 23.1 Å². The standard InChI is InChI=1S/C18H19Cl2N5O2/c1-3-24-10-15(20)17(22-24)11-23(2)18(26)16-7-8-25(21-16)12-27-14-6-4-5-13(19)9-14/h4-10H,3,11-12H2,1-2H3. The van der Waals surface area contributed by atoms with Crippen molar-refractivity contribution in [3.05, 3.63) is 64.2 Å². The lowest BCUT2D eigenvalue weighted by Gasteiger charge is -2.14. The molecule has 27 heavy (non-hydrogen) atoms. The maximum absolute atomic E-state index is 12.6. The van der Waals surface area contributed by atoms with Crippen LogP contribution in [0.15, 0.2) is 42.7 Å². The molecule has 0 radical (unpaired) electrons. The summed E-state index contributed by atoms with van der Waals surface area (Å²) >= 11 is 12.1. The fourth-order valence-electron chi connectivity index (χ4n) is 2.44. The minimum absolute atomic E-state index is 0.171. The van der Waals surface area contributed by atoms with E-state index in [1.807, 2.05) is 6.92 Å². The second-order valence-electron chi connectivity index (χ2n) is 5.91. The molecule has 0 aliphatic rings. The van der Waals surface area contributed by atoms with Crippen LogP contribution in [-0.4, -0.2) is 37.4 Å². The van der Waals surface area contributed by atoms with Crippen LogP contribution in [0.5, 0.6) is 5.75 Å². The molecule has 0 spiro atoms. The van der Waals surface area contributed by atoms with Gasteiger partial charge in [0.05, 0.1) is 11.6 Å². The van der Waals surface area contributed by atoms with E-state index in [4.69, 9.17) is 27.9 Å². The first-order valence-corrected chi connectivity index (χ1v) is 9.11. The number of aryl methyl sites for hydroxylation is 1. The highest BCUT2D eigenvalue weighted by Crippen LogP contribution is 2.18. The molecule has 0 aliphatic heterocycles. The van der Waals surface area contributed by atoms with Gasteiger partial charge in [-0.05, 0) is 31.2 Å². The summed E-state index contributed by atoms with van der Waals surface area (Å²) in [5.74, 6) is 0.405. The third-order valence-corrected chi connectivity index (χ3v) is 4.42. The molecule has 1 aromatic carbocycles. The Hall–Kier alpha value is -2.51. The molecule has 0 fully saturated rings. The van der Waals surface area contributed by atoms with Crippen LogP contribution in [0.3, 0.4) is 0 Å². The Morgan fingerprint density at radius 1 is 1.22 bits per heavy atom. The second kappa shape index (κ2) is 8.45. The van der Waals surface area contributed by atoms with Gasteiger partial charge in [0.15, 0.2) is 12.4 Å². The predicted molar refractivity (Wildman–Crippen MR) is 103 cm³/mol. The van der Waals surface area contributed by atoms with Crippen molar-refractivity contribution >= 4 is 29.1 Å². The minimum Gasteiger partial charge on any atom is -0.471 e. The number of aromatic nitrogens is 4. The second-order valence-corrected chi connectivity index (χ2v) is 6.76. The largest absolute Gasteiger partial charge is 0.471 e. The van der Waals surface area contributed by atoms with Crippen molar-refractivity contribution in [1.82, 2.24) is 24.5 Å². The summed E-state index contributed by atoms with van der Waals surface area (Å²) in [7, 11) is 1.69. The van der Waals surface area contributed by atoms with E-state index in [2.05, 4.69) is 10.2 Å². The van der Waals surface area contributed by atoms with E-state index in [1.54, 1.807) is 59.1 Å². The molecule has 0 saturated carbocycles. The lowest BCUT2D eigenvalue weighted by Crippen LogP contribution is -2.27. The number of benzene rings is 1. The normalized spacial score (nSPS) is 10.8. The summed E-state index contributed by atoms with van der Waals surface area (Å²) in [5.41, 5.74) is 0.969. The average Bonchev–Trinajstić information content (AvgIpc) is 3.26. The number of ether oxygens (including phenoxy) is 1. The molecular weight excluding hydrogens is 389 g/mol. The summed E-state index contributed by atoms with van der Waals surface area (Å²) in [5, 5.41) is 9.75. The van der Waals surface area contributed by atoms with Crippen LogP contribution >= 0.6 is 23.2 Å². The molecule has 0 aliphatic carbocycles. The Morgan fingerprint density at radius 3 is 2.74 bits per heavy atom. The third-order valence-electron chi connectivity index (χ3n) is 3.86. The molecule has 0 unspecified atom stereocenters. The number of carbonyl (C=O) groups excluding carboxylic acids is 1. The van der Waals surface area contributed by atoms with Crippen molar-refractivity contribution in [3.63, 3.8) is 0 Å². The lowest BCUT2D eigenvalue weighted by atomic mass is 10.3. The van der Waals surface area contributed by atoms with Crippen LogP contribution in [-0.2, 0) is 19.8 Å². The van der Waals surface area contributed by atoms with Crippen molar-refractivity contribution in [1.29, 1.82) is 0 Å². The van der Waals surface area contributed by atoms with Gasteiger partial charge in [-0.15, -0.1) is 0 Å². The first-order chi connectivity index (χ1) is 13.0. The Morgan fingerprint density at radius 2 is 2.04 bits per heavy atom. The fourth-order valence-corrected chi connectivity index (χ4v) is 2.83. The van der Waals surface area contributed by atoms with E-state index < -0.39 is 0 Å². The molecule has 9 heteroatoms. The van der Waals surface area contributed by atoms with E-state index in [0.717, 1.165) is 0 Å². The van der Waals surface area contributed by atoms with Gasteiger partial charge in [0.2, 0.25) is 0 Å². The number of amides is 1. The van der Waals surface area contributed by atoms with E-state index in [-0.39, 0.29) is 12.6 Å². The van der Waals surface area contributed by atoms with Gasteiger partial charge in [0.25, 0.3) is 5.91 Å². The van der Waals surface area contributed by atoms with Crippen molar-refractivity contribution in [2.45, 2.75) is 26.7 Å². The number of nitrogens with zero attached hydrogens (tertiary/aromatic N) is 5. The van der Waals surface area contributed by atoms with Gasteiger partial charge < -0.3 is 9.64 Å². The van der Waals surface area contributed by atoms with E-state index in [1.165, 1.54) is 4.90 Å². The Kier molecular flexibility index (Phi) is 6.03. The van der Waals surface area contributed by atoms with Gasteiger partial charge >= 0.3 is 0 Å². The van der Waals surface area contributed by atoms with Gasteiger partial charge in [-0.25, -0.2) is 4.68 Å². The van der Waals surface area contributed by atoms with E-state index in [0.29, 0.717) is 40.3 Å². The summed E-state index contributed by atoms with van der Waals surface area (Å²) in [4.78, 5) is 14.1. The Bertz CT molecular complexity index is 937. The molecule has 2 aromatic heterocycles. The van der Waals surface area contributed by atoms with Gasteiger partial charge in [-0.3, -0.25) is 9.48 Å². The number of rotatable bonds is 7. The molecule has 3 rings (SSSR count). The molecule has 142 valence electrons. The molecule has 0 bridgehead atoms. The molecule has 0 N–H and O–H groups in total. The van der Waals surface area contributed by atoms with Crippen LogP contribution < -0.4 is 4.74 Å². The molecule has 7 nitrogen and oxygen atoms in total. The van der Waals surface area contributed by atoms with Crippen LogP contribution in [0.25, 0.3) is 0 Å². The maximum atomic E-state index is 12.6. The SMILES string of the molecule is CCn1cc(Cl)c(CN(C)C(=O)c2ccn(COc3cccc(Cl)c3)n2)n1. The number of hydrogen-bond donors (Lipinski definition) is 0. The Labute approximate surface area is 167 Å². The number of halogens is 2. The number of hydrogen-bond acceptors (Lipinski definition) is 4. The zero-order chi connectivity index (χ0) is 19.4. The highest BCUT2D eigenvalue weighted by Gasteiger charge is 2.18. The summed E-state index contributed by atoms with van der Waals surface area (Å²) in [6, 6.07) is 8.73. The van der Waals surface area contributed by atoms with Gasteiger partial charge in [0.1, 0.15) is 11.4 Å². The number of carbonyl (C=O) groups is 1. The zero-order valence-corrected chi connectivity index (χ0v) is 16.5. The first kappa shape index (κ1) is 19.3. The summed E-state index contributed by atoms with van der Waals surface area (Å²) in [6.07, 6.45) is 3.43. The Balaban J connectivity index is 1.60. The third kappa shape index (κ3) is 4.81. The van der Waals surface area contributed by atoms with Crippen molar-refractivity contribution in [2.24, 2.45) is 0 Å². The highest BCUT2D eigenvalue weighted by atomic mass is 35.5. The molecular formula is C18H19Cl2N5O2. The minimum atomic E-state index is -0.223. The quantitative estimate of drug-likeness (QED) is 0.598. The summed E-state index contributed by atoms with van der Waals surface area (Å²) < 4.78 is 8.89. The monoisotopic (exact) mass is 407 g/mol. The van der Waals surface area contributed by atoms with Crippen molar-refractivity contribution in [3.8, 4) is 5.75 Å². The highest BCUT2D eigenvalue weighted by molar-refractivity contribution is 6.31. The van der Waals surface area contributed by atoms with Crippen molar-refractivity contribution < 1.29 is 9.53 Å². The fraction of sp³-hybridized carbons (Fsp3) is 0.278.